The number of carbonyl (C=O) groups is 2. The van der Waals surface area contributed by atoms with E-state index >= 15 is 0 Å². The van der Waals surface area contributed by atoms with Crippen molar-refractivity contribution in [2.75, 3.05) is 7.11 Å². The van der Waals surface area contributed by atoms with Crippen LogP contribution in [0.3, 0.4) is 0 Å². The Morgan fingerprint density at radius 1 is 0.897 bits per heavy atom. The minimum Gasteiger partial charge on any atom is -0.497 e. The smallest absolute Gasteiger partial charge is 0.240 e. The second-order valence-electron chi connectivity index (χ2n) is 6.49. The van der Waals surface area contributed by atoms with E-state index in [0.29, 0.717) is 17.2 Å². The maximum absolute atomic E-state index is 12.6. The number of carbonyl (C=O) groups excluding carboxylic acids is 2. The molecule has 2 aromatic rings. The first-order chi connectivity index (χ1) is 13.6. The number of benzene rings is 2. The summed E-state index contributed by atoms with van der Waals surface area (Å²) in [6.07, 6.45) is 0. The van der Waals surface area contributed by atoms with Gasteiger partial charge in [0.1, 0.15) is 17.2 Å². The quantitative estimate of drug-likeness (QED) is 0.679. The number of imide groups is 1. The van der Waals surface area contributed by atoms with E-state index in [4.69, 9.17) is 9.47 Å². The third kappa shape index (κ3) is 6.30. The summed E-state index contributed by atoms with van der Waals surface area (Å²) in [5.41, 5.74) is 0. The minimum absolute atomic E-state index is 0.0330. The van der Waals surface area contributed by atoms with E-state index in [1.807, 2.05) is 0 Å². The predicted molar refractivity (Wildman–Crippen MR) is 107 cm³/mol. The molecule has 2 amide bonds. The molecule has 0 bridgehead atoms. The van der Waals surface area contributed by atoms with E-state index in [1.165, 1.54) is 38.1 Å². The van der Waals surface area contributed by atoms with Crippen LogP contribution in [-0.2, 0) is 19.6 Å². The van der Waals surface area contributed by atoms with E-state index in [1.54, 1.807) is 38.3 Å². The van der Waals surface area contributed by atoms with Crippen molar-refractivity contribution in [1.29, 1.82) is 0 Å². The first kappa shape index (κ1) is 22.4. The summed E-state index contributed by atoms with van der Waals surface area (Å²) >= 11 is 0. The number of methoxy groups -OCH3 is 1. The first-order valence-electron chi connectivity index (χ1n) is 8.88. The summed E-state index contributed by atoms with van der Waals surface area (Å²) in [6, 6.07) is 12.2. The van der Waals surface area contributed by atoms with Gasteiger partial charge in [-0.25, -0.2) is 13.1 Å². The van der Waals surface area contributed by atoms with Crippen LogP contribution in [-0.4, -0.2) is 33.4 Å². The Kier molecular flexibility index (Phi) is 7.35. The summed E-state index contributed by atoms with van der Waals surface area (Å²) < 4.78 is 38.3. The van der Waals surface area contributed by atoms with E-state index < -0.39 is 33.8 Å². The van der Waals surface area contributed by atoms with Crippen molar-refractivity contribution in [3.63, 3.8) is 0 Å². The maximum Gasteiger partial charge on any atom is 0.240 e. The molecule has 2 rings (SSSR count). The summed E-state index contributed by atoms with van der Waals surface area (Å²) in [7, 11) is -2.28. The fourth-order valence-corrected chi connectivity index (χ4v) is 3.72. The lowest BCUT2D eigenvalue weighted by Gasteiger charge is -2.20. The van der Waals surface area contributed by atoms with E-state index in [-0.39, 0.29) is 4.90 Å². The molecule has 0 spiro atoms. The Hall–Kier alpha value is -2.91. The van der Waals surface area contributed by atoms with Gasteiger partial charge in [-0.1, -0.05) is 6.92 Å². The first-order valence-corrected chi connectivity index (χ1v) is 10.4. The van der Waals surface area contributed by atoms with Crippen LogP contribution >= 0.6 is 0 Å². The van der Waals surface area contributed by atoms with Crippen molar-refractivity contribution in [3.8, 4) is 17.2 Å². The largest absolute Gasteiger partial charge is 0.497 e. The van der Waals surface area contributed by atoms with E-state index in [2.05, 4.69) is 10.0 Å². The monoisotopic (exact) mass is 420 g/mol. The molecule has 156 valence electrons. The van der Waals surface area contributed by atoms with Crippen LogP contribution in [0.5, 0.6) is 17.2 Å². The van der Waals surface area contributed by atoms with Gasteiger partial charge in [0.25, 0.3) is 0 Å². The molecule has 0 fully saturated rings. The second-order valence-corrected chi connectivity index (χ2v) is 8.21. The number of hydrogen-bond donors (Lipinski definition) is 2. The highest BCUT2D eigenvalue weighted by atomic mass is 32.2. The SMILES string of the molecule is COc1ccc(Oc2ccc(S(=O)(=O)N[C@H](C)[C@H](C)C(=O)NC(C)=O)cc2)cc1. The summed E-state index contributed by atoms with van der Waals surface area (Å²) in [6.45, 7) is 4.31. The third-order valence-corrected chi connectivity index (χ3v) is 5.81. The van der Waals surface area contributed by atoms with Crippen LogP contribution in [0.1, 0.15) is 20.8 Å². The number of sulfonamides is 1. The molecule has 0 aromatic heterocycles. The standard InChI is InChI=1S/C20H24N2O6S/c1-13(20(24)21-15(3)23)14(2)22-29(25,26)19-11-9-18(10-12-19)28-17-7-5-16(27-4)6-8-17/h5-14,22H,1-4H3,(H,21,23,24)/t13-,14+/m0/s1. The Labute approximate surface area is 170 Å². The number of ether oxygens (including phenoxy) is 2. The van der Waals surface area contributed by atoms with E-state index in [9.17, 15) is 18.0 Å². The summed E-state index contributed by atoms with van der Waals surface area (Å²) in [5.74, 6) is -0.0216. The van der Waals surface area contributed by atoms with Gasteiger partial charge in [-0.2, -0.15) is 0 Å². The lowest BCUT2D eigenvalue weighted by atomic mass is 10.0. The van der Waals surface area contributed by atoms with Crippen LogP contribution in [0, 0.1) is 5.92 Å². The Bertz CT molecular complexity index is 955. The fourth-order valence-electron chi connectivity index (χ4n) is 2.40. The van der Waals surface area contributed by atoms with Crippen molar-refractivity contribution < 1.29 is 27.5 Å². The number of amides is 2. The predicted octanol–water partition coefficient (Wildman–Crippen LogP) is 2.45. The lowest BCUT2D eigenvalue weighted by Crippen LogP contribution is -2.44. The molecular formula is C20H24N2O6S. The second kappa shape index (κ2) is 9.53. The molecule has 2 N–H and O–H groups in total. The van der Waals surface area contributed by atoms with Gasteiger partial charge in [-0.3, -0.25) is 14.9 Å². The van der Waals surface area contributed by atoms with Gasteiger partial charge in [0.05, 0.1) is 17.9 Å². The highest BCUT2D eigenvalue weighted by Gasteiger charge is 2.26. The van der Waals surface area contributed by atoms with Gasteiger partial charge >= 0.3 is 0 Å². The summed E-state index contributed by atoms with van der Waals surface area (Å²) in [5, 5.41) is 2.15. The Morgan fingerprint density at radius 2 is 1.38 bits per heavy atom. The lowest BCUT2D eigenvalue weighted by molar-refractivity contribution is -0.131. The van der Waals surface area contributed by atoms with E-state index in [0.717, 1.165) is 0 Å². The van der Waals surface area contributed by atoms with Crippen molar-refractivity contribution in [1.82, 2.24) is 10.0 Å². The molecule has 2 atom stereocenters. The average molecular weight is 420 g/mol. The van der Waals surface area contributed by atoms with Crippen LogP contribution in [0.2, 0.25) is 0 Å². The number of rotatable bonds is 8. The minimum atomic E-state index is -3.85. The molecule has 0 unspecified atom stereocenters. The number of hydrogen-bond acceptors (Lipinski definition) is 6. The fraction of sp³-hybridized carbons (Fsp3) is 0.300. The molecule has 0 aliphatic rings. The topological polar surface area (TPSA) is 111 Å². The molecule has 0 aliphatic heterocycles. The zero-order valence-corrected chi connectivity index (χ0v) is 17.4. The van der Waals surface area contributed by atoms with Gasteiger partial charge < -0.3 is 9.47 Å². The molecule has 8 nitrogen and oxygen atoms in total. The van der Waals surface area contributed by atoms with Crippen LogP contribution < -0.4 is 19.5 Å². The Balaban J connectivity index is 2.04. The van der Waals surface area contributed by atoms with Crippen molar-refractivity contribution >= 4 is 21.8 Å². The Morgan fingerprint density at radius 3 is 1.86 bits per heavy atom. The van der Waals surface area contributed by atoms with Crippen LogP contribution in [0.25, 0.3) is 0 Å². The van der Waals surface area contributed by atoms with Crippen LogP contribution in [0.15, 0.2) is 53.4 Å². The molecule has 0 saturated carbocycles. The zero-order chi connectivity index (χ0) is 21.6. The van der Waals surface area contributed by atoms with Gasteiger partial charge in [0.2, 0.25) is 21.8 Å². The average Bonchev–Trinajstić information content (AvgIpc) is 2.67. The maximum atomic E-state index is 12.6. The third-order valence-electron chi connectivity index (χ3n) is 4.23. The molecule has 0 aliphatic carbocycles. The molecule has 9 heteroatoms. The molecule has 0 radical (unpaired) electrons. The van der Waals surface area contributed by atoms with Gasteiger partial charge in [0.15, 0.2) is 0 Å². The number of nitrogens with one attached hydrogen (secondary N) is 2. The van der Waals surface area contributed by atoms with Crippen molar-refractivity contribution in [2.24, 2.45) is 5.92 Å². The molecule has 0 saturated heterocycles. The van der Waals surface area contributed by atoms with Gasteiger partial charge in [-0.15, -0.1) is 0 Å². The highest BCUT2D eigenvalue weighted by molar-refractivity contribution is 7.89. The molecule has 2 aromatic carbocycles. The molecular weight excluding hydrogens is 396 g/mol. The zero-order valence-electron chi connectivity index (χ0n) is 16.6. The van der Waals surface area contributed by atoms with Crippen LogP contribution in [0.4, 0.5) is 0 Å². The van der Waals surface area contributed by atoms with Gasteiger partial charge in [-0.05, 0) is 55.5 Å². The summed E-state index contributed by atoms with van der Waals surface area (Å²) in [4.78, 5) is 22.9. The van der Waals surface area contributed by atoms with Gasteiger partial charge in [0, 0.05) is 13.0 Å². The van der Waals surface area contributed by atoms with Crippen molar-refractivity contribution in [2.45, 2.75) is 31.7 Å². The molecule has 0 heterocycles. The highest BCUT2D eigenvalue weighted by Crippen LogP contribution is 2.25. The van der Waals surface area contributed by atoms with Crippen molar-refractivity contribution in [3.05, 3.63) is 48.5 Å². The molecule has 29 heavy (non-hydrogen) atoms. The normalized spacial score (nSPS) is 13.2.